The molecule has 0 saturated heterocycles. The molecule has 0 bridgehead atoms. The van der Waals surface area contributed by atoms with Crippen LogP contribution in [-0.2, 0) is 6.42 Å². The Hall–Kier alpha value is -2.54. The Bertz CT molecular complexity index is 660. The number of aryl methyl sites for hydroxylation is 1. The molecule has 0 saturated carbocycles. The fraction of sp³-hybridized carbons (Fsp3) is 0.294. The molecule has 1 N–H and O–H groups in total. The molecule has 0 amide bonds. The van der Waals surface area contributed by atoms with Crippen LogP contribution >= 0.6 is 0 Å². The number of hydrogen-bond acceptors (Lipinski definition) is 4. The number of hydrogen-bond donors (Lipinski definition) is 1. The van der Waals surface area contributed by atoms with E-state index in [1.807, 2.05) is 0 Å². The van der Waals surface area contributed by atoms with Crippen molar-refractivity contribution in [2.45, 2.75) is 12.8 Å². The van der Waals surface area contributed by atoms with Gasteiger partial charge in [-0.3, -0.25) is 0 Å². The van der Waals surface area contributed by atoms with E-state index in [-0.39, 0.29) is 0 Å². The van der Waals surface area contributed by atoms with Gasteiger partial charge >= 0.3 is 0 Å². The molecule has 21 heavy (non-hydrogen) atoms. The normalized spacial score (nSPS) is 13.4. The van der Waals surface area contributed by atoms with Gasteiger partial charge < -0.3 is 10.2 Å². The molecule has 1 aromatic carbocycles. The van der Waals surface area contributed by atoms with Gasteiger partial charge in [0.25, 0.3) is 0 Å². The van der Waals surface area contributed by atoms with Gasteiger partial charge in [0, 0.05) is 31.5 Å². The molecule has 0 unspecified atom stereocenters. The second-order valence-corrected chi connectivity index (χ2v) is 5.16. The number of para-hydroxylation sites is 1. The van der Waals surface area contributed by atoms with Gasteiger partial charge in [0.2, 0.25) is 0 Å². The van der Waals surface area contributed by atoms with Crippen molar-refractivity contribution < 1.29 is 0 Å². The molecule has 2 heterocycles. The molecule has 2 aromatic rings. The molecule has 1 aromatic heterocycles. The van der Waals surface area contributed by atoms with Crippen LogP contribution < -0.4 is 10.2 Å². The maximum absolute atomic E-state index is 9.06. The zero-order chi connectivity index (χ0) is 14.5. The molecule has 1 aliphatic rings. The zero-order valence-electron chi connectivity index (χ0n) is 11.9. The van der Waals surface area contributed by atoms with Crippen molar-refractivity contribution in [3.05, 3.63) is 53.7 Å². The molecule has 0 aliphatic carbocycles. The standard InChI is InChI=1S/C17H18N4/c18-13-15-6-3-9-19-17(15)20-10-12-21-11-4-7-14-5-1-2-8-16(14)21/h1-3,5-6,8-9H,4,7,10-12H2,(H,19,20). The van der Waals surface area contributed by atoms with Crippen LogP contribution in [0.25, 0.3) is 0 Å². The zero-order valence-corrected chi connectivity index (χ0v) is 11.9. The Morgan fingerprint density at radius 1 is 1.24 bits per heavy atom. The van der Waals surface area contributed by atoms with Gasteiger partial charge in [-0.2, -0.15) is 5.26 Å². The highest BCUT2D eigenvalue weighted by Crippen LogP contribution is 2.26. The topological polar surface area (TPSA) is 52.0 Å². The Morgan fingerprint density at radius 3 is 3.05 bits per heavy atom. The third-order valence-electron chi connectivity index (χ3n) is 3.81. The van der Waals surface area contributed by atoms with Crippen LogP contribution in [0.1, 0.15) is 17.5 Å². The van der Waals surface area contributed by atoms with Gasteiger partial charge in [-0.1, -0.05) is 18.2 Å². The monoisotopic (exact) mass is 278 g/mol. The average Bonchev–Trinajstić information content (AvgIpc) is 2.55. The molecule has 0 fully saturated rings. The molecule has 106 valence electrons. The van der Waals surface area contributed by atoms with Crippen molar-refractivity contribution in [1.82, 2.24) is 4.98 Å². The summed E-state index contributed by atoms with van der Waals surface area (Å²) in [6.07, 6.45) is 4.07. The minimum atomic E-state index is 0.594. The van der Waals surface area contributed by atoms with E-state index >= 15 is 0 Å². The van der Waals surface area contributed by atoms with Crippen molar-refractivity contribution in [3.63, 3.8) is 0 Å². The van der Waals surface area contributed by atoms with Crippen LogP contribution in [0.3, 0.4) is 0 Å². The van der Waals surface area contributed by atoms with E-state index in [1.165, 1.54) is 24.1 Å². The van der Waals surface area contributed by atoms with Crippen LogP contribution in [0, 0.1) is 11.3 Å². The van der Waals surface area contributed by atoms with E-state index in [9.17, 15) is 0 Å². The maximum atomic E-state index is 9.06. The van der Waals surface area contributed by atoms with E-state index in [4.69, 9.17) is 5.26 Å². The van der Waals surface area contributed by atoms with E-state index in [0.29, 0.717) is 11.4 Å². The smallest absolute Gasteiger partial charge is 0.143 e. The Labute approximate surface area is 125 Å². The molecule has 4 nitrogen and oxygen atoms in total. The van der Waals surface area contributed by atoms with Crippen molar-refractivity contribution >= 4 is 11.5 Å². The predicted octanol–water partition coefficient (Wildman–Crippen LogP) is 2.82. The lowest BCUT2D eigenvalue weighted by Crippen LogP contribution is -2.33. The fourth-order valence-electron chi connectivity index (χ4n) is 2.79. The maximum Gasteiger partial charge on any atom is 0.143 e. The number of aromatic nitrogens is 1. The first kappa shape index (κ1) is 13.4. The Balaban J connectivity index is 1.63. The molecule has 0 spiro atoms. The molecular formula is C17H18N4. The second-order valence-electron chi connectivity index (χ2n) is 5.16. The average molecular weight is 278 g/mol. The van der Waals surface area contributed by atoms with E-state index in [0.717, 1.165) is 19.6 Å². The lowest BCUT2D eigenvalue weighted by molar-refractivity contribution is 0.698. The quantitative estimate of drug-likeness (QED) is 0.934. The fourth-order valence-corrected chi connectivity index (χ4v) is 2.79. The van der Waals surface area contributed by atoms with E-state index < -0.39 is 0 Å². The molecule has 0 atom stereocenters. The minimum absolute atomic E-state index is 0.594. The highest BCUT2D eigenvalue weighted by molar-refractivity contribution is 5.56. The number of nitrogens with zero attached hydrogens (tertiary/aromatic N) is 3. The molecule has 3 rings (SSSR count). The number of benzene rings is 1. The number of anilines is 2. The molecular weight excluding hydrogens is 260 g/mol. The number of fused-ring (bicyclic) bond motifs is 1. The number of nitrogens with one attached hydrogen (secondary N) is 1. The van der Waals surface area contributed by atoms with Crippen LogP contribution in [-0.4, -0.2) is 24.6 Å². The highest BCUT2D eigenvalue weighted by atomic mass is 15.2. The van der Waals surface area contributed by atoms with Gasteiger partial charge in [0.15, 0.2) is 0 Å². The first-order chi connectivity index (χ1) is 10.4. The van der Waals surface area contributed by atoms with Crippen molar-refractivity contribution in [2.75, 3.05) is 29.9 Å². The van der Waals surface area contributed by atoms with Crippen molar-refractivity contribution in [2.24, 2.45) is 0 Å². The van der Waals surface area contributed by atoms with Crippen molar-refractivity contribution in [3.8, 4) is 6.07 Å². The molecule has 0 radical (unpaired) electrons. The van der Waals surface area contributed by atoms with Gasteiger partial charge in [-0.15, -0.1) is 0 Å². The van der Waals surface area contributed by atoms with Gasteiger partial charge in [0.05, 0.1) is 5.56 Å². The summed E-state index contributed by atoms with van der Waals surface area (Å²) >= 11 is 0. The lowest BCUT2D eigenvalue weighted by atomic mass is 10.0. The summed E-state index contributed by atoms with van der Waals surface area (Å²) in [5.74, 6) is 0.672. The summed E-state index contributed by atoms with van der Waals surface area (Å²) < 4.78 is 0. The van der Waals surface area contributed by atoms with Gasteiger partial charge in [-0.05, 0) is 36.6 Å². The third kappa shape index (κ3) is 2.97. The van der Waals surface area contributed by atoms with Crippen molar-refractivity contribution in [1.29, 1.82) is 5.26 Å². The number of nitriles is 1. The summed E-state index contributed by atoms with van der Waals surface area (Å²) in [5, 5.41) is 12.3. The summed E-state index contributed by atoms with van der Waals surface area (Å²) in [4.78, 5) is 6.63. The minimum Gasteiger partial charge on any atom is -0.370 e. The summed E-state index contributed by atoms with van der Waals surface area (Å²) in [5.41, 5.74) is 3.36. The summed E-state index contributed by atoms with van der Waals surface area (Å²) in [6, 6.07) is 14.3. The summed E-state index contributed by atoms with van der Waals surface area (Å²) in [6.45, 7) is 2.78. The predicted molar refractivity (Wildman–Crippen MR) is 84.4 cm³/mol. The van der Waals surface area contributed by atoms with Crippen LogP contribution in [0.4, 0.5) is 11.5 Å². The third-order valence-corrected chi connectivity index (χ3v) is 3.81. The number of rotatable bonds is 4. The molecule has 4 heteroatoms. The Morgan fingerprint density at radius 2 is 2.14 bits per heavy atom. The largest absolute Gasteiger partial charge is 0.370 e. The van der Waals surface area contributed by atoms with Crippen LogP contribution in [0.5, 0.6) is 0 Å². The number of pyridine rings is 1. The lowest BCUT2D eigenvalue weighted by Gasteiger charge is -2.31. The van der Waals surface area contributed by atoms with Crippen LogP contribution in [0.2, 0.25) is 0 Å². The van der Waals surface area contributed by atoms with E-state index in [2.05, 4.69) is 45.5 Å². The van der Waals surface area contributed by atoms with E-state index in [1.54, 1.807) is 18.3 Å². The summed E-state index contributed by atoms with van der Waals surface area (Å²) in [7, 11) is 0. The van der Waals surface area contributed by atoms with Crippen LogP contribution in [0.15, 0.2) is 42.6 Å². The Kier molecular flexibility index (Phi) is 4.02. The molecule has 1 aliphatic heterocycles. The highest BCUT2D eigenvalue weighted by Gasteiger charge is 2.15. The second kappa shape index (κ2) is 6.27. The SMILES string of the molecule is N#Cc1cccnc1NCCN1CCCc2ccccc21. The first-order valence-electron chi connectivity index (χ1n) is 7.30. The van der Waals surface area contributed by atoms with Gasteiger partial charge in [0.1, 0.15) is 11.9 Å². The van der Waals surface area contributed by atoms with Gasteiger partial charge in [-0.25, -0.2) is 4.98 Å². The first-order valence-corrected chi connectivity index (χ1v) is 7.30.